The monoisotopic (exact) mass is 305 g/mol. The first kappa shape index (κ1) is 14.8. The molecular formula is C17H23NO2S. The molecule has 0 radical (unpaired) electrons. The Morgan fingerprint density at radius 1 is 1.33 bits per heavy atom. The molecule has 2 aliphatic rings. The molecule has 114 valence electrons. The Hall–Kier alpha value is -1.13. The molecule has 1 saturated carbocycles. The fraction of sp³-hybridized carbons (Fsp3) is 0.588. The molecule has 1 aromatic carbocycles. The second-order valence-corrected chi connectivity index (χ2v) is 6.86. The Labute approximate surface area is 131 Å². The molecule has 1 atom stereocenters. The van der Waals surface area contributed by atoms with Gasteiger partial charge in [-0.1, -0.05) is 12.2 Å². The number of hydrogen-bond acceptors (Lipinski definition) is 3. The lowest BCUT2D eigenvalue weighted by atomic mass is 9.74. The van der Waals surface area contributed by atoms with Crippen molar-refractivity contribution in [2.75, 3.05) is 6.61 Å². The van der Waals surface area contributed by atoms with Crippen molar-refractivity contribution in [2.24, 2.45) is 5.73 Å². The molecule has 1 spiro atoms. The third-order valence-corrected chi connectivity index (χ3v) is 4.98. The van der Waals surface area contributed by atoms with Gasteiger partial charge in [-0.15, -0.1) is 0 Å². The quantitative estimate of drug-likeness (QED) is 0.869. The smallest absolute Gasteiger partial charge is 0.125 e. The van der Waals surface area contributed by atoms with Crippen LogP contribution in [0.25, 0.3) is 0 Å². The minimum absolute atomic E-state index is 0.115. The molecular weight excluding hydrogens is 282 g/mol. The molecule has 3 nitrogen and oxygen atoms in total. The molecule has 0 bridgehead atoms. The highest BCUT2D eigenvalue weighted by Gasteiger charge is 2.43. The predicted molar refractivity (Wildman–Crippen MR) is 88.0 cm³/mol. The van der Waals surface area contributed by atoms with Crippen LogP contribution in [0.2, 0.25) is 0 Å². The van der Waals surface area contributed by atoms with E-state index < -0.39 is 0 Å². The molecule has 1 aliphatic carbocycles. The zero-order chi connectivity index (χ0) is 15.0. The topological polar surface area (TPSA) is 44.5 Å². The van der Waals surface area contributed by atoms with Gasteiger partial charge < -0.3 is 15.2 Å². The lowest BCUT2D eigenvalue weighted by molar-refractivity contribution is -0.153. The summed E-state index contributed by atoms with van der Waals surface area (Å²) in [5, 5.41) is 0. The lowest BCUT2D eigenvalue weighted by Crippen LogP contribution is -2.48. The normalized spacial score (nSPS) is 23.6. The van der Waals surface area contributed by atoms with E-state index in [9.17, 15) is 0 Å². The van der Waals surface area contributed by atoms with Crippen molar-refractivity contribution in [3.05, 3.63) is 28.8 Å². The van der Waals surface area contributed by atoms with E-state index in [1.165, 1.54) is 19.3 Å². The first-order valence-electron chi connectivity index (χ1n) is 7.71. The van der Waals surface area contributed by atoms with E-state index in [0.29, 0.717) is 4.99 Å². The molecule has 0 amide bonds. The largest absolute Gasteiger partial charge is 0.490 e. The van der Waals surface area contributed by atoms with Crippen LogP contribution >= 0.6 is 12.2 Å². The fourth-order valence-electron chi connectivity index (χ4n) is 3.45. The van der Waals surface area contributed by atoms with Gasteiger partial charge in [0, 0.05) is 18.4 Å². The van der Waals surface area contributed by atoms with E-state index in [-0.39, 0.29) is 11.7 Å². The minimum atomic E-state index is 0.115. The number of aryl methyl sites for hydroxylation is 2. The van der Waals surface area contributed by atoms with Crippen LogP contribution in [0.5, 0.6) is 5.75 Å². The van der Waals surface area contributed by atoms with Crippen molar-refractivity contribution in [3.8, 4) is 5.75 Å². The van der Waals surface area contributed by atoms with E-state index in [2.05, 4.69) is 13.8 Å². The van der Waals surface area contributed by atoms with Crippen molar-refractivity contribution in [2.45, 2.75) is 57.7 Å². The third kappa shape index (κ3) is 2.92. The van der Waals surface area contributed by atoms with Crippen molar-refractivity contribution in [3.63, 3.8) is 0 Å². The second-order valence-electron chi connectivity index (χ2n) is 6.42. The third-order valence-electron chi connectivity index (χ3n) is 4.74. The van der Waals surface area contributed by atoms with E-state index in [1.54, 1.807) is 0 Å². The maximum Gasteiger partial charge on any atom is 0.125 e. The van der Waals surface area contributed by atoms with Crippen LogP contribution in [0, 0.1) is 13.8 Å². The van der Waals surface area contributed by atoms with Crippen molar-refractivity contribution in [1.82, 2.24) is 0 Å². The highest BCUT2D eigenvalue weighted by molar-refractivity contribution is 7.80. The highest BCUT2D eigenvalue weighted by Crippen LogP contribution is 2.43. The summed E-state index contributed by atoms with van der Waals surface area (Å²) in [7, 11) is 0. The molecule has 1 aliphatic heterocycles. The van der Waals surface area contributed by atoms with Crippen LogP contribution in [-0.2, 0) is 4.74 Å². The molecule has 1 heterocycles. The van der Waals surface area contributed by atoms with Crippen LogP contribution in [0.4, 0.5) is 0 Å². The number of hydrogen-bond donors (Lipinski definition) is 1. The number of ether oxygens (including phenoxy) is 2. The van der Waals surface area contributed by atoms with E-state index in [1.807, 2.05) is 12.1 Å². The van der Waals surface area contributed by atoms with Crippen molar-refractivity contribution >= 4 is 17.2 Å². The van der Waals surface area contributed by atoms with Gasteiger partial charge in [0.2, 0.25) is 0 Å². The molecule has 1 aromatic rings. The summed E-state index contributed by atoms with van der Waals surface area (Å²) in [5.74, 6) is 0.983. The van der Waals surface area contributed by atoms with Crippen LogP contribution in [0.15, 0.2) is 12.1 Å². The zero-order valence-corrected chi connectivity index (χ0v) is 13.6. The van der Waals surface area contributed by atoms with Crippen molar-refractivity contribution < 1.29 is 9.47 Å². The van der Waals surface area contributed by atoms with Gasteiger partial charge in [0.1, 0.15) is 16.8 Å². The van der Waals surface area contributed by atoms with E-state index in [4.69, 9.17) is 27.4 Å². The molecule has 1 saturated heterocycles. The van der Waals surface area contributed by atoms with Gasteiger partial charge in [0.25, 0.3) is 0 Å². The highest BCUT2D eigenvalue weighted by atomic mass is 32.1. The Morgan fingerprint density at radius 3 is 2.52 bits per heavy atom. The van der Waals surface area contributed by atoms with Gasteiger partial charge in [-0.25, -0.2) is 0 Å². The van der Waals surface area contributed by atoms with Crippen molar-refractivity contribution in [1.29, 1.82) is 0 Å². The van der Waals surface area contributed by atoms with Crippen LogP contribution < -0.4 is 10.5 Å². The minimum Gasteiger partial charge on any atom is -0.490 e. The van der Waals surface area contributed by atoms with Gasteiger partial charge >= 0.3 is 0 Å². The summed E-state index contributed by atoms with van der Waals surface area (Å²) < 4.78 is 12.3. The van der Waals surface area contributed by atoms with Crippen LogP contribution in [0.3, 0.4) is 0 Å². The summed E-state index contributed by atoms with van der Waals surface area (Å²) in [6, 6.07) is 4.03. The molecule has 0 aromatic heterocycles. The molecule has 4 heteroatoms. The summed E-state index contributed by atoms with van der Waals surface area (Å²) >= 11 is 5.06. The Kier molecular flexibility index (Phi) is 3.93. The Balaban J connectivity index is 1.76. The van der Waals surface area contributed by atoms with Crippen LogP contribution in [-0.4, -0.2) is 23.3 Å². The van der Waals surface area contributed by atoms with Gasteiger partial charge in [-0.3, -0.25) is 0 Å². The number of nitrogens with two attached hydrogens (primary N) is 1. The van der Waals surface area contributed by atoms with E-state index >= 15 is 0 Å². The summed E-state index contributed by atoms with van der Waals surface area (Å²) in [6.45, 7) is 4.93. The summed E-state index contributed by atoms with van der Waals surface area (Å²) in [6.07, 6.45) is 5.90. The maximum atomic E-state index is 6.32. The maximum absolute atomic E-state index is 6.32. The fourth-order valence-corrected chi connectivity index (χ4v) is 3.57. The number of thiocarbonyl (C=S) groups is 1. The second kappa shape index (κ2) is 5.58. The number of benzene rings is 1. The van der Waals surface area contributed by atoms with E-state index in [0.717, 1.165) is 41.9 Å². The molecule has 1 unspecified atom stereocenters. The summed E-state index contributed by atoms with van der Waals surface area (Å²) in [5.41, 5.74) is 8.95. The molecule has 2 fully saturated rings. The first-order chi connectivity index (χ1) is 9.99. The molecule has 2 N–H and O–H groups in total. The average Bonchev–Trinajstić information content (AvgIpc) is 2.41. The number of rotatable bonds is 3. The summed E-state index contributed by atoms with van der Waals surface area (Å²) in [4.78, 5) is 0.437. The predicted octanol–water partition coefficient (Wildman–Crippen LogP) is 3.42. The lowest BCUT2D eigenvalue weighted by Gasteiger charge is -2.47. The Morgan fingerprint density at radius 2 is 2.00 bits per heavy atom. The van der Waals surface area contributed by atoms with Gasteiger partial charge in [0.05, 0.1) is 12.2 Å². The SMILES string of the molecule is Cc1cc(C(N)=S)cc(C)c1OC1CCOC2(CCC2)C1. The average molecular weight is 305 g/mol. The van der Waals surface area contributed by atoms with Gasteiger partial charge in [-0.05, 0) is 56.4 Å². The Bertz CT molecular complexity index is 543. The first-order valence-corrected chi connectivity index (χ1v) is 8.12. The van der Waals surface area contributed by atoms with Crippen LogP contribution in [0.1, 0.15) is 48.8 Å². The van der Waals surface area contributed by atoms with Gasteiger partial charge in [0.15, 0.2) is 0 Å². The zero-order valence-electron chi connectivity index (χ0n) is 12.8. The molecule has 3 rings (SSSR count). The standard InChI is InChI=1S/C17H23NO2S/c1-11-8-13(16(18)21)9-12(2)15(11)20-14-4-7-19-17(10-14)5-3-6-17/h8-9,14H,3-7,10H2,1-2H3,(H2,18,21). The van der Waals surface area contributed by atoms with Gasteiger partial charge in [-0.2, -0.15) is 0 Å². The molecule has 21 heavy (non-hydrogen) atoms.